The largest absolute Gasteiger partial charge is 0.481 e. The lowest BCUT2D eigenvalue weighted by Crippen LogP contribution is -2.43. The fourth-order valence-corrected chi connectivity index (χ4v) is 5.48. The summed E-state index contributed by atoms with van der Waals surface area (Å²) < 4.78 is 5.53. The van der Waals surface area contributed by atoms with Crippen LogP contribution in [0.15, 0.2) is 60.7 Å². The smallest absolute Gasteiger partial charge is 0.407 e. The average Bonchev–Trinajstić information content (AvgIpc) is 3.23. The van der Waals surface area contributed by atoms with Crippen LogP contribution in [0.2, 0.25) is 0 Å². The van der Waals surface area contributed by atoms with Crippen LogP contribution in [-0.2, 0) is 21.5 Å². The summed E-state index contributed by atoms with van der Waals surface area (Å²) in [7, 11) is 0. The number of alkyl carbamates (subject to hydrolysis) is 1. The Balaban J connectivity index is 1.58. The van der Waals surface area contributed by atoms with Crippen LogP contribution in [0.25, 0.3) is 11.1 Å². The molecule has 0 fully saturated rings. The number of amides is 1. The number of ketones is 1. The highest BCUT2D eigenvalue weighted by Gasteiger charge is 2.33. The molecule has 1 aliphatic carbocycles. The van der Waals surface area contributed by atoms with Gasteiger partial charge in [0.1, 0.15) is 12.6 Å². The Morgan fingerprint density at radius 1 is 0.900 bits per heavy atom. The Morgan fingerprint density at radius 2 is 1.45 bits per heavy atom. The van der Waals surface area contributed by atoms with Crippen molar-refractivity contribution in [2.75, 3.05) is 6.61 Å². The lowest BCUT2D eigenvalue weighted by molar-refractivity contribution is -0.137. The van der Waals surface area contributed by atoms with Crippen molar-refractivity contribution in [3.8, 4) is 11.1 Å². The van der Waals surface area contributed by atoms with Crippen LogP contribution in [-0.4, -0.2) is 46.7 Å². The standard InChI is InChI=1S/C31H32N2O7/c1-31(2,3)27-22(29(37)38)13-12-21(23(27)15-32)28(36)25(14-26(34)35)33-30(39)40-16-24-19-10-6-4-8-17(19)18-9-5-7-11-20(18)24/h4-13,24-25H,14-16,32H2,1-3H3,(H,33,39)(H,34,35)(H,37,38)/t25-/m0/s1. The summed E-state index contributed by atoms with van der Waals surface area (Å²) in [4.78, 5) is 50.0. The van der Waals surface area contributed by atoms with Gasteiger partial charge in [0.15, 0.2) is 5.78 Å². The Hall–Kier alpha value is -4.50. The molecule has 4 rings (SSSR count). The maximum Gasteiger partial charge on any atom is 0.407 e. The first-order chi connectivity index (χ1) is 18.9. The molecule has 1 amide bonds. The van der Waals surface area contributed by atoms with Gasteiger partial charge < -0.3 is 26.0 Å². The molecule has 1 aliphatic rings. The summed E-state index contributed by atoms with van der Waals surface area (Å²) in [6, 6.07) is 16.8. The number of Topliss-reactive ketones (excluding diaryl/α,β-unsaturated/α-hetero) is 1. The second-order valence-corrected chi connectivity index (χ2v) is 10.8. The molecule has 0 saturated carbocycles. The fraction of sp³-hybridized carbons (Fsp3) is 0.290. The zero-order chi connectivity index (χ0) is 29.2. The number of hydrogen-bond donors (Lipinski definition) is 4. The van der Waals surface area contributed by atoms with Crippen LogP contribution >= 0.6 is 0 Å². The molecule has 0 bridgehead atoms. The van der Waals surface area contributed by atoms with Gasteiger partial charge in [0.2, 0.25) is 0 Å². The summed E-state index contributed by atoms with van der Waals surface area (Å²) in [6.07, 6.45) is -1.63. The van der Waals surface area contributed by atoms with Crippen LogP contribution in [0.3, 0.4) is 0 Å². The van der Waals surface area contributed by atoms with Crippen molar-refractivity contribution >= 4 is 23.8 Å². The van der Waals surface area contributed by atoms with Crippen molar-refractivity contribution in [1.82, 2.24) is 5.32 Å². The summed E-state index contributed by atoms with van der Waals surface area (Å²) in [5, 5.41) is 21.6. The predicted molar refractivity (Wildman–Crippen MR) is 149 cm³/mol. The number of carbonyl (C=O) groups excluding carboxylic acids is 2. The van der Waals surface area contributed by atoms with E-state index in [-0.39, 0.29) is 30.2 Å². The Bertz CT molecular complexity index is 1440. The minimum absolute atomic E-state index is 0.00350. The molecule has 3 aromatic carbocycles. The molecule has 3 aromatic rings. The summed E-state index contributed by atoms with van der Waals surface area (Å²) >= 11 is 0. The number of carboxylic acid groups (broad SMARTS) is 2. The molecule has 0 aliphatic heterocycles. The number of ether oxygens (including phenoxy) is 1. The normalized spacial score (nSPS) is 13.2. The van der Waals surface area contributed by atoms with Crippen molar-refractivity contribution in [2.24, 2.45) is 5.73 Å². The van der Waals surface area contributed by atoms with E-state index in [1.54, 1.807) is 20.8 Å². The van der Waals surface area contributed by atoms with E-state index in [4.69, 9.17) is 10.5 Å². The number of rotatable bonds is 9. The van der Waals surface area contributed by atoms with Crippen molar-refractivity contribution in [3.05, 3.63) is 94.0 Å². The number of carbonyl (C=O) groups is 4. The number of fused-ring (bicyclic) bond motifs is 3. The third-order valence-corrected chi connectivity index (χ3v) is 7.09. The lowest BCUT2D eigenvalue weighted by atomic mass is 9.78. The fourth-order valence-electron chi connectivity index (χ4n) is 5.48. The van der Waals surface area contributed by atoms with Crippen molar-refractivity contribution in [1.29, 1.82) is 0 Å². The summed E-state index contributed by atoms with van der Waals surface area (Å²) in [5.41, 5.74) is 10.2. The minimum Gasteiger partial charge on any atom is -0.481 e. The van der Waals surface area contributed by atoms with Gasteiger partial charge in [-0.15, -0.1) is 0 Å². The number of aliphatic carboxylic acids is 1. The molecule has 1 atom stereocenters. The van der Waals surface area contributed by atoms with Gasteiger partial charge in [0.25, 0.3) is 0 Å². The maximum atomic E-state index is 13.6. The summed E-state index contributed by atoms with van der Waals surface area (Å²) in [6.45, 7) is 5.23. The highest BCUT2D eigenvalue weighted by molar-refractivity contribution is 6.05. The molecule has 0 spiro atoms. The molecule has 0 aromatic heterocycles. The number of aromatic carboxylic acids is 1. The molecular formula is C31H32N2O7. The number of carboxylic acids is 2. The highest BCUT2D eigenvalue weighted by Crippen LogP contribution is 2.44. The topological polar surface area (TPSA) is 156 Å². The molecule has 9 heteroatoms. The predicted octanol–water partition coefficient (Wildman–Crippen LogP) is 4.71. The Morgan fingerprint density at radius 3 is 1.95 bits per heavy atom. The summed E-state index contributed by atoms with van der Waals surface area (Å²) in [5.74, 6) is -3.38. The molecular weight excluding hydrogens is 512 g/mol. The third kappa shape index (κ3) is 5.60. The van der Waals surface area contributed by atoms with Gasteiger partial charge in [-0.25, -0.2) is 9.59 Å². The maximum absolute atomic E-state index is 13.6. The van der Waals surface area contributed by atoms with Gasteiger partial charge in [-0.2, -0.15) is 0 Å². The molecule has 5 N–H and O–H groups in total. The molecule has 0 radical (unpaired) electrons. The third-order valence-electron chi connectivity index (χ3n) is 7.09. The molecule has 9 nitrogen and oxygen atoms in total. The first-order valence-corrected chi connectivity index (χ1v) is 12.9. The van der Waals surface area contributed by atoms with Crippen molar-refractivity contribution in [3.63, 3.8) is 0 Å². The van der Waals surface area contributed by atoms with E-state index in [1.165, 1.54) is 12.1 Å². The number of nitrogens with one attached hydrogen (secondary N) is 1. The molecule has 0 heterocycles. The average molecular weight is 545 g/mol. The van der Waals surface area contributed by atoms with E-state index in [9.17, 15) is 29.4 Å². The zero-order valence-corrected chi connectivity index (χ0v) is 22.6. The van der Waals surface area contributed by atoms with Crippen molar-refractivity contribution < 1.29 is 34.1 Å². The van der Waals surface area contributed by atoms with Crippen molar-refractivity contribution in [2.45, 2.75) is 51.1 Å². The van der Waals surface area contributed by atoms with E-state index in [2.05, 4.69) is 5.32 Å². The van der Waals surface area contributed by atoms with Gasteiger partial charge in [-0.05, 0) is 44.9 Å². The molecule has 0 unspecified atom stereocenters. The van der Waals surface area contributed by atoms with Gasteiger partial charge in [0, 0.05) is 18.0 Å². The molecule has 208 valence electrons. The minimum atomic E-state index is -1.46. The zero-order valence-electron chi connectivity index (χ0n) is 22.6. The van der Waals surface area contributed by atoms with E-state index in [1.807, 2.05) is 48.5 Å². The van der Waals surface area contributed by atoms with Crippen LogP contribution < -0.4 is 11.1 Å². The van der Waals surface area contributed by atoms with Crippen LogP contribution in [0.4, 0.5) is 4.79 Å². The van der Waals surface area contributed by atoms with E-state index in [0.29, 0.717) is 11.1 Å². The van der Waals surface area contributed by atoms with Crippen LogP contribution in [0.1, 0.15) is 76.1 Å². The number of hydrogen-bond acceptors (Lipinski definition) is 6. The van der Waals surface area contributed by atoms with Crippen LogP contribution in [0.5, 0.6) is 0 Å². The monoisotopic (exact) mass is 544 g/mol. The van der Waals surface area contributed by atoms with E-state index in [0.717, 1.165) is 22.3 Å². The second-order valence-electron chi connectivity index (χ2n) is 10.8. The number of benzene rings is 3. The lowest BCUT2D eigenvalue weighted by Gasteiger charge is -2.27. The SMILES string of the molecule is CC(C)(C)c1c(C(=O)O)ccc(C(=O)[C@H](CC(=O)O)NC(=O)OCC2c3ccccc3-c3ccccc32)c1CN. The first kappa shape index (κ1) is 28.5. The quantitative estimate of drug-likeness (QED) is 0.282. The highest BCUT2D eigenvalue weighted by atomic mass is 16.5. The Labute approximate surface area is 232 Å². The van der Waals surface area contributed by atoms with Gasteiger partial charge in [0.05, 0.1) is 12.0 Å². The van der Waals surface area contributed by atoms with E-state index >= 15 is 0 Å². The molecule has 0 saturated heterocycles. The van der Waals surface area contributed by atoms with Gasteiger partial charge >= 0.3 is 18.0 Å². The van der Waals surface area contributed by atoms with Gasteiger partial charge in [-0.1, -0.05) is 75.4 Å². The van der Waals surface area contributed by atoms with E-state index < -0.39 is 41.7 Å². The first-order valence-electron chi connectivity index (χ1n) is 12.9. The molecule has 40 heavy (non-hydrogen) atoms. The Kier molecular flexibility index (Phi) is 8.06. The van der Waals surface area contributed by atoms with Crippen LogP contribution in [0, 0.1) is 0 Å². The second kappa shape index (κ2) is 11.3. The number of nitrogens with two attached hydrogens (primary N) is 1. The van der Waals surface area contributed by atoms with Gasteiger partial charge in [-0.3, -0.25) is 9.59 Å².